The molecule has 0 spiro atoms. The molecule has 98 valence electrons. The fourth-order valence-corrected chi connectivity index (χ4v) is 1.81. The number of carboxylic acids is 1. The van der Waals surface area contributed by atoms with Crippen LogP contribution in [0.1, 0.15) is 5.56 Å². The maximum atomic E-state index is 10.7. The molecule has 1 heterocycles. The van der Waals surface area contributed by atoms with Gasteiger partial charge in [0, 0.05) is 22.3 Å². The predicted octanol–water partition coefficient (Wildman–Crippen LogP) is 2.43. The predicted molar refractivity (Wildman–Crippen MR) is 70.4 cm³/mol. The summed E-state index contributed by atoms with van der Waals surface area (Å²) in [6, 6.07) is 7.09. The highest BCUT2D eigenvalue weighted by Gasteiger charge is 2.12. The molecule has 0 unspecified atom stereocenters. The Balaban J connectivity index is 2.41. The minimum atomic E-state index is -0.961. The average molecular weight is 279 g/mol. The van der Waals surface area contributed by atoms with Crippen LogP contribution in [0.5, 0.6) is 5.88 Å². The van der Waals surface area contributed by atoms with Crippen molar-refractivity contribution >= 4 is 17.6 Å². The highest BCUT2D eigenvalue weighted by atomic mass is 35.5. The first-order chi connectivity index (χ1) is 9.10. The Morgan fingerprint density at radius 2 is 2.26 bits per heavy atom. The van der Waals surface area contributed by atoms with Crippen molar-refractivity contribution in [2.75, 3.05) is 7.11 Å². The van der Waals surface area contributed by atoms with Gasteiger partial charge in [0.25, 0.3) is 0 Å². The molecular weight excluding hydrogens is 268 g/mol. The number of hydrogen-bond acceptors (Lipinski definition) is 4. The van der Waals surface area contributed by atoms with Crippen LogP contribution in [0.15, 0.2) is 30.5 Å². The highest BCUT2D eigenvalue weighted by molar-refractivity contribution is 6.30. The van der Waals surface area contributed by atoms with Crippen LogP contribution in [0.25, 0.3) is 11.4 Å². The molecule has 2 rings (SSSR count). The number of aromatic nitrogens is 2. The summed E-state index contributed by atoms with van der Waals surface area (Å²) in [4.78, 5) is 19.0. The fourth-order valence-electron chi connectivity index (χ4n) is 1.62. The van der Waals surface area contributed by atoms with E-state index in [1.165, 1.54) is 13.3 Å². The lowest BCUT2D eigenvalue weighted by Crippen LogP contribution is -2.05. The van der Waals surface area contributed by atoms with E-state index in [4.69, 9.17) is 21.4 Å². The van der Waals surface area contributed by atoms with Crippen LogP contribution in [0, 0.1) is 0 Å². The molecule has 1 aromatic heterocycles. The van der Waals surface area contributed by atoms with Crippen molar-refractivity contribution in [3.8, 4) is 17.3 Å². The van der Waals surface area contributed by atoms with Crippen molar-refractivity contribution in [1.82, 2.24) is 9.97 Å². The lowest BCUT2D eigenvalue weighted by Gasteiger charge is -2.07. The Morgan fingerprint density at radius 1 is 1.47 bits per heavy atom. The topological polar surface area (TPSA) is 72.3 Å². The molecule has 0 aliphatic heterocycles. The van der Waals surface area contributed by atoms with E-state index < -0.39 is 5.97 Å². The van der Waals surface area contributed by atoms with Gasteiger partial charge in [-0.15, -0.1) is 0 Å². The number of nitrogens with zero attached hydrogens (tertiary/aromatic N) is 2. The average Bonchev–Trinajstić information content (AvgIpc) is 2.38. The van der Waals surface area contributed by atoms with Crippen LogP contribution >= 0.6 is 11.6 Å². The molecule has 19 heavy (non-hydrogen) atoms. The monoisotopic (exact) mass is 278 g/mol. The Labute approximate surface area is 114 Å². The van der Waals surface area contributed by atoms with Gasteiger partial charge in [0.1, 0.15) is 0 Å². The molecule has 6 heteroatoms. The first-order valence-corrected chi connectivity index (χ1v) is 5.85. The summed E-state index contributed by atoms with van der Waals surface area (Å²) in [5.41, 5.74) is 1.17. The van der Waals surface area contributed by atoms with Gasteiger partial charge >= 0.3 is 5.97 Å². The van der Waals surface area contributed by atoms with E-state index >= 15 is 0 Å². The Kier molecular flexibility index (Phi) is 3.97. The van der Waals surface area contributed by atoms with Gasteiger partial charge in [-0.25, -0.2) is 4.98 Å². The van der Waals surface area contributed by atoms with Gasteiger partial charge in [0.05, 0.1) is 13.5 Å². The fraction of sp³-hybridized carbons (Fsp3) is 0.154. The molecule has 5 nitrogen and oxygen atoms in total. The normalized spacial score (nSPS) is 10.2. The lowest BCUT2D eigenvalue weighted by atomic mass is 10.2. The molecule has 0 saturated carbocycles. The van der Waals surface area contributed by atoms with E-state index in [1.54, 1.807) is 18.2 Å². The van der Waals surface area contributed by atoms with Crippen molar-refractivity contribution < 1.29 is 14.6 Å². The second-order valence-corrected chi connectivity index (χ2v) is 4.25. The van der Waals surface area contributed by atoms with Crippen LogP contribution in [0.2, 0.25) is 5.02 Å². The van der Waals surface area contributed by atoms with Crippen molar-refractivity contribution in [3.63, 3.8) is 0 Å². The van der Waals surface area contributed by atoms with E-state index in [0.29, 0.717) is 16.4 Å². The van der Waals surface area contributed by atoms with Gasteiger partial charge in [-0.05, 0) is 12.1 Å². The first-order valence-electron chi connectivity index (χ1n) is 5.48. The number of rotatable bonds is 4. The van der Waals surface area contributed by atoms with E-state index in [-0.39, 0.29) is 12.3 Å². The smallest absolute Gasteiger partial charge is 0.308 e. The number of benzene rings is 1. The molecule has 0 saturated heterocycles. The van der Waals surface area contributed by atoms with Crippen LogP contribution in [0.3, 0.4) is 0 Å². The molecule has 0 atom stereocenters. The number of aliphatic carboxylic acids is 1. The Bertz CT molecular complexity index is 617. The first kappa shape index (κ1) is 13.3. The minimum Gasteiger partial charge on any atom is -0.481 e. The van der Waals surface area contributed by atoms with E-state index in [1.807, 2.05) is 6.07 Å². The standard InChI is InChI=1S/C13H11ClN2O3/c1-19-13-9(6-11(17)18)7-15-12(16-13)8-3-2-4-10(14)5-8/h2-5,7H,6H2,1H3,(H,17,18). The number of hydrogen-bond donors (Lipinski definition) is 1. The molecular formula is C13H11ClN2O3. The summed E-state index contributed by atoms with van der Waals surface area (Å²) in [5.74, 6) is -0.265. The van der Waals surface area contributed by atoms with E-state index in [9.17, 15) is 4.79 Å². The van der Waals surface area contributed by atoms with Crippen molar-refractivity contribution in [1.29, 1.82) is 0 Å². The molecule has 0 radical (unpaired) electrons. The summed E-state index contributed by atoms with van der Waals surface area (Å²) in [6.07, 6.45) is 1.27. The van der Waals surface area contributed by atoms with Crippen molar-refractivity contribution in [3.05, 3.63) is 41.0 Å². The second-order valence-electron chi connectivity index (χ2n) is 3.81. The van der Waals surface area contributed by atoms with Crippen LogP contribution in [-0.4, -0.2) is 28.2 Å². The number of ether oxygens (including phenoxy) is 1. The molecule has 1 aromatic carbocycles. The van der Waals surface area contributed by atoms with Gasteiger partial charge < -0.3 is 9.84 Å². The van der Waals surface area contributed by atoms with Crippen molar-refractivity contribution in [2.24, 2.45) is 0 Å². The summed E-state index contributed by atoms with van der Waals surface area (Å²) in [6.45, 7) is 0. The summed E-state index contributed by atoms with van der Waals surface area (Å²) in [5, 5.41) is 9.36. The SMILES string of the molecule is COc1nc(-c2cccc(Cl)c2)ncc1CC(=O)O. The molecule has 0 amide bonds. The van der Waals surface area contributed by atoms with Crippen LogP contribution < -0.4 is 4.74 Å². The van der Waals surface area contributed by atoms with E-state index in [0.717, 1.165) is 5.56 Å². The summed E-state index contributed by atoms with van der Waals surface area (Å²) in [7, 11) is 1.44. The van der Waals surface area contributed by atoms with Crippen LogP contribution in [-0.2, 0) is 11.2 Å². The maximum Gasteiger partial charge on any atom is 0.308 e. The van der Waals surface area contributed by atoms with Gasteiger partial charge in [-0.2, -0.15) is 4.98 Å². The third-order valence-corrected chi connectivity index (χ3v) is 2.68. The molecule has 2 aromatic rings. The molecule has 0 aliphatic rings. The number of halogens is 1. The quantitative estimate of drug-likeness (QED) is 0.930. The van der Waals surface area contributed by atoms with Gasteiger partial charge in [0.2, 0.25) is 5.88 Å². The third-order valence-electron chi connectivity index (χ3n) is 2.44. The van der Waals surface area contributed by atoms with Gasteiger partial charge in [0.15, 0.2) is 5.82 Å². The minimum absolute atomic E-state index is 0.182. The second kappa shape index (κ2) is 5.67. The largest absolute Gasteiger partial charge is 0.481 e. The van der Waals surface area contributed by atoms with E-state index in [2.05, 4.69) is 9.97 Å². The van der Waals surface area contributed by atoms with Gasteiger partial charge in [-0.1, -0.05) is 23.7 Å². The number of methoxy groups -OCH3 is 1. The number of carbonyl (C=O) groups is 1. The molecule has 0 bridgehead atoms. The molecule has 0 aliphatic carbocycles. The zero-order chi connectivity index (χ0) is 13.8. The molecule has 0 fully saturated rings. The van der Waals surface area contributed by atoms with Gasteiger partial charge in [-0.3, -0.25) is 4.79 Å². The third kappa shape index (κ3) is 3.20. The highest BCUT2D eigenvalue weighted by Crippen LogP contribution is 2.23. The maximum absolute atomic E-state index is 10.7. The zero-order valence-corrected chi connectivity index (χ0v) is 10.9. The number of carboxylic acid groups (broad SMARTS) is 1. The summed E-state index contributed by atoms with van der Waals surface area (Å²) < 4.78 is 5.09. The van der Waals surface area contributed by atoms with Crippen LogP contribution in [0.4, 0.5) is 0 Å². The lowest BCUT2D eigenvalue weighted by molar-refractivity contribution is -0.136. The molecule has 1 N–H and O–H groups in total. The summed E-state index contributed by atoms with van der Waals surface area (Å²) >= 11 is 5.90. The Morgan fingerprint density at radius 3 is 2.89 bits per heavy atom. The zero-order valence-electron chi connectivity index (χ0n) is 10.1. The Hall–Kier alpha value is -2.14. The van der Waals surface area contributed by atoms with Crippen molar-refractivity contribution in [2.45, 2.75) is 6.42 Å².